The minimum atomic E-state index is -4.87. The van der Waals surface area contributed by atoms with E-state index in [-0.39, 0.29) is 24.6 Å². The Kier molecular flexibility index (Phi) is 7.17. The highest BCUT2D eigenvalue weighted by Crippen LogP contribution is 2.54. The number of aliphatic hydroxyl groups is 3. The minimum Gasteiger partial charge on any atom is -0.510 e. The Balaban J connectivity index is 1.49. The van der Waals surface area contributed by atoms with Crippen LogP contribution in [0.4, 0.5) is 13.2 Å². The van der Waals surface area contributed by atoms with Crippen molar-refractivity contribution in [2.45, 2.75) is 75.4 Å². The third-order valence-corrected chi connectivity index (χ3v) is 10.2. The Bertz CT molecular complexity index is 1530. The maximum absolute atomic E-state index is 14.9. The molecule has 1 amide bonds. The van der Waals surface area contributed by atoms with E-state index in [0.29, 0.717) is 12.5 Å². The Hall–Kier alpha value is -3.42. The summed E-state index contributed by atoms with van der Waals surface area (Å²) < 4.78 is 44.7. The molecule has 2 saturated carbocycles. The number of carbonyl (C=O) groups excluding carboxylic acids is 3. The second kappa shape index (κ2) is 10.3. The number of nitrogens with two attached hydrogens (primary N) is 1. The Morgan fingerprint density at radius 1 is 1.11 bits per heavy atom. The zero-order valence-corrected chi connectivity index (χ0v) is 24.4. The van der Waals surface area contributed by atoms with Gasteiger partial charge in [0, 0.05) is 30.6 Å². The van der Waals surface area contributed by atoms with Gasteiger partial charge in [0.05, 0.1) is 17.2 Å². The smallest absolute Gasteiger partial charge is 0.417 e. The highest BCUT2D eigenvalue weighted by Gasteiger charge is 2.63. The van der Waals surface area contributed by atoms with Gasteiger partial charge in [0.2, 0.25) is 5.78 Å². The van der Waals surface area contributed by atoms with Crippen LogP contribution in [0.2, 0.25) is 0 Å². The third-order valence-electron chi connectivity index (χ3n) is 10.2. The van der Waals surface area contributed by atoms with Gasteiger partial charge in [-0.25, -0.2) is 0 Å². The van der Waals surface area contributed by atoms with Crippen LogP contribution in [0.15, 0.2) is 28.7 Å². The predicted molar refractivity (Wildman–Crippen MR) is 149 cm³/mol. The number of halogens is 3. The quantitative estimate of drug-likeness (QED) is 0.289. The molecule has 5 aliphatic carbocycles. The van der Waals surface area contributed by atoms with Crippen LogP contribution in [0.1, 0.15) is 65.6 Å². The molecule has 5 aliphatic rings. The van der Waals surface area contributed by atoms with Crippen molar-refractivity contribution in [3.63, 3.8) is 0 Å². The van der Waals surface area contributed by atoms with Crippen molar-refractivity contribution in [2.24, 2.45) is 23.5 Å². The van der Waals surface area contributed by atoms with Crippen molar-refractivity contribution < 1.29 is 48.0 Å². The molecule has 6 N–H and O–H groups in total. The van der Waals surface area contributed by atoms with Crippen LogP contribution in [-0.2, 0) is 28.7 Å². The molecule has 4 atom stereocenters. The molecule has 2 fully saturated rings. The molecule has 44 heavy (non-hydrogen) atoms. The molecule has 238 valence electrons. The number of hydrogen-bond acceptors (Lipinski definition) is 9. The number of aliphatic hydroxyl groups excluding tert-OH is 2. The molecule has 0 saturated heterocycles. The fraction of sp³-hybridized carbons (Fsp3) is 0.581. The lowest BCUT2D eigenvalue weighted by Gasteiger charge is -2.50. The zero-order valence-electron chi connectivity index (χ0n) is 24.4. The van der Waals surface area contributed by atoms with Gasteiger partial charge in [-0.3, -0.25) is 24.2 Å². The first-order valence-electron chi connectivity index (χ1n) is 14.9. The number of likely N-dealkylation sites (N-methyl/N-ethyl adjacent to an activating group) is 1. The maximum Gasteiger partial charge on any atom is 0.417 e. The standard InChI is InChI=1S/C31H36F3N3O7/c1-36(2)24-18-9-14-8-17-21(25(39)20(14)27(41)30(18,44)28(42)22(26(24)40)29(35)43)19(38)10-15(23(17)31(32,33)34)12-37(11-13-6-7-13)16-4-3-5-16/h10,13-14,16,18,24,38,40-41,44H,3-9,11-12H2,1-2H3,(H2,35,43)/t14-,18-,24-,30-/m0/s1. The van der Waals surface area contributed by atoms with Gasteiger partial charge in [-0.05, 0) is 81.6 Å². The molecule has 0 heterocycles. The average molecular weight is 620 g/mol. The summed E-state index contributed by atoms with van der Waals surface area (Å²) in [4.78, 5) is 42.9. The molecule has 13 heteroatoms. The van der Waals surface area contributed by atoms with E-state index < -0.39 is 98.7 Å². The number of aromatic hydroxyl groups is 1. The van der Waals surface area contributed by atoms with Crippen molar-refractivity contribution in [1.82, 2.24) is 9.80 Å². The average Bonchev–Trinajstić information content (AvgIpc) is 3.67. The van der Waals surface area contributed by atoms with Crippen LogP contribution in [0, 0.1) is 17.8 Å². The Morgan fingerprint density at radius 3 is 2.30 bits per heavy atom. The van der Waals surface area contributed by atoms with Crippen molar-refractivity contribution in [2.75, 3.05) is 20.6 Å². The number of carbonyl (C=O) groups is 3. The Morgan fingerprint density at radius 2 is 1.77 bits per heavy atom. The van der Waals surface area contributed by atoms with Gasteiger partial charge < -0.3 is 26.2 Å². The summed E-state index contributed by atoms with van der Waals surface area (Å²) in [6.07, 6.45) is -0.772. The highest BCUT2D eigenvalue weighted by atomic mass is 19.4. The molecule has 0 aliphatic heterocycles. The molecular weight excluding hydrogens is 583 g/mol. The molecule has 0 bridgehead atoms. The van der Waals surface area contributed by atoms with Gasteiger partial charge in [0.25, 0.3) is 5.91 Å². The van der Waals surface area contributed by atoms with Crippen LogP contribution in [0.3, 0.4) is 0 Å². The third kappa shape index (κ3) is 4.54. The number of nitrogens with zero attached hydrogens (tertiary/aromatic N) is 2. The number of hydrogen-bond donors (Lipinski definition) is 5. The maximum atomic E-state index is 14.9. The van der Waals surface area contributed by atoms with E-state index in [4.69, 9.17) is 5.73 Å². The number of phenolic OH excluding ortho intramolecular Hbond substituents is 1. The van der Waals surface area contributed by atoms with Crippen LogP contribution < -0.4 is 5.73 Å². The molecule has 10 nitrogen and oxygen atoms in total. The number of allylic oxidation sites excluding steroid dienone is 1. The van der Waals surface area contributed by atoms with Gasteiger partial charge in [0.15, 0.2) is 11.4 Å². The summed E-state index contributed by atoms with van der Waals surface area (Å²) in [7, 11) is 2.96. The number of rotatable bonds is 7. The van der Waals surface area contributed by atoms with E-state index in [1.165, 1.54) is 19.0 Å². The van der Waals surface area contributed by atoms with E-state index in [1.54, 1.807) is 0 Å². The fourth-order valence-corrected chi connectivity index (χ4v) is 7.81. The van der Waals surface area contributed by atoms with E-state index in [2.05, 4.69) is 0 Å². The topological polar surface area (TPSA) is 165 Å². The van der Waals surface area contributed by atoms with E-state index in [1.807, 2.05) is 4.90 Å². The molecule has 0 unspecified atom stereocenters. The van der Waals surface area contributed by atoms with Gasteiger partial charge >= 0.3 is 6.18 Å². The van der Waals surface area contributed by atoms with Crippen molar-refractivity contribution >= 4 is 17.5 Å². The molecule has 0 radical (unpaired) electrons. The van der Waals surface area contributed by atoms with E-state index in [9.17, 15) is 48.0 Å². The van der Waals surface area contributed by atoms with Crippen LogP contribution in [-0.4, -0.2) is 86.0 Å². The number of benzene rings is 1. The number of ketones is 2. The van der Waals surface area contributed by atoms with Crippen molar-refractivity contribution in [1.29, 1.82) is 0 Å². The number of Topliss-reactive ketones (excluding diaryl/α,β-unsaturated/α-hetero) is 2. The lowest BCUT2D eigenvalue weighted by Crippen LogP contribution is -2.63. The monoisotopic (exact) mass is 619 g/mol. The van der Waals surface area contributed by atoms with Crippen LogP contribution in [0.5, 0.6) is 5.75 Å². The first-order chi connectivity index (χ1) is 20.6. The van der Waals surface area contributed by atoms with Crippen molar-refractivity contribution in [3.8, 4) is 5.75 Å². The lowest BCUT2D eigenvalue weighted by molar-refractivity contribution is -0.148. The van der Waals surface area contributed by atoms with Crippen LogP contribution in [0.25, 0.3) is 0 Å². The largest absolute Gasteiger partial charge is 0.510 e. The summed E-state index contributed by atoms with van der Waals surface area (Å²) in [5, 5.41) is 45.0. The summed E-state index contributed by atoms with van der Waals surface area (Å²) >= 11 is 0. The minimum absolute atomic E-state index is 0.0439. The summed E-state index contributed by atoms with van der Waals surface area (Å²) in [5.41, 5.74) is -1.15. The summed E-state index contributed by atoms with van der Waals surface area (Å²) in [6, 6.07) is -0.117. The fourth-order valence-electron chi connectivity index (χ4n) is 7.81. The number of amides is 1. The molecule has 0 aromatic heterocycles. The molecule has 6 rings (SSSR count). The first kappa shape index (κ1) is 30.6. The predicted octanol–water partition coefficient (Wildman–Crippen LogP) is 2.90. The number of primary amides is 1. The lowest BCUT2D eigenvalue weighted by atomic mass is 9.58. The first-order valence-corrected chi connectivity index (χ1v) is 14.9. The highest BCUT2D eigenvalue weighted by molar-refractivity contribution is 6.24. The van der Waals surface area contributed by atoms with Gasteiger partial charge in [-0.15, -0.1) is 0 Å². The van der Waals surface area contributed by atoms with Crippen molar-refractivity contribution in [3.05, 3.63) is 51.0 Å². The number of fused-ring (bicyclic) bond motifs is 3. The summed E-state index contributed by atoms with van der Waals surface area (Å²) in [5.74, 6) is -8.44. The second-order valence-corrected chi connectivity index (χ2v) is 13.2. The van der Waals surface area contributed by atoms with Gasteiger partial charge in [0.1, 0.15) is 22.8 Å². The zero-order chi connectivity index (χ0) is 32.0. The van der Waals surface area contributed by atoms with Gasteiger partial charge in [-0.1, -0.05) is 6.42 Å². The number of phenols is 1. The van der Waals surface area contributed by atoms with E-state index in [0.717, 1.165) is 38.2 Å². The molecule has 1 aromatic carbocycles. The van der Waals surface area contributed by atoms with Gasteiger partial charge in [-0.2, -0.15) is 13.2 Å². The normalized spacial score (nSPS) is 29.1. The van der Waals surface area contributed by atoms with Crippen LogP contribution >= 0.6 is 0 Å². The molecule has 0 spiro atoms. The molecule has 1 aromatic rings. The van der Waals surface area contributed by atoms with E-state index >= 15 is 0 Å². The Labute approximate surface area is 251 Å². The summed E-state index contributed by atoms with van der Waals surface area (Å²) in [6.45, 7) is 0.616. The molecular formula is C31H36F3N3O7. The SMILES string of the molecule is CN(C)[C@@H]1C(O)=C(C(N)=O)C(=O)[C@@]2(O)C(O)=C3C(=O)c4c(O)cc(CN(CC5CC5)C5CCC5)c(C(F)(F)F)c4C[C@H]3C[C@@H]12. The number of alkyl halides is 3. The second-order valence-electron chi connectivity index (χ2n) is 13.2.